The monoisotopic (exact) mass is 466 g/mol. The second-order valence-electron chi connectivity index (χ2n) is 8.82. The van der Waals surface area contributed by atoms with Crippen molar-refractivity contribution in [3.05, 3.63) is 82.9 Å². The summed E-state index contributed by atoms with van der Waals surface area (Å²) in [4.78, 5) is 10.9. The molecule has 1 aliphatic carbocycles. The van der Waals surface area contributed by atoms with Gasteiger partial charge < -0.3 is 19.9 Å². The van der Waals surface area contributed by atoms with Gasteiger partial charge >= 0.3 is 0 Å². The third-order valence-corrected chi connectivity index (χ3v) is 7.13. The highest BCUT2D eigenvalue weighted by atomic mass is 19.1. The number of morpholine rings is 1. The smallest absolute Gasteiger partial charge is 0.283 e. The minimum absolute atomic E-state index is 0.0266. The Morgan fingerprint density at radius 1 is 1.03 bits per heavy atom. The Hall–Kier alpha value is -3.30. The molecule has 6 rings (SSSR count). The van der Waals surface area contributed by atoms with Crippen molar-refractivity contribution in [1.29, 1.82) is 0 Å². The average Bonchev–Trinajstić information content (AvgIpc) is 2.86. The van der Waals surface area contributed by atoms with Crippen molar-refractivity contribution in [1.82, 2.24) is 9.88 Å². The molecule has 176 valence electrons. The first-order valence-corrected chi connectivity index (χ1v) is 11.4. The Bertz CT molecular complexity index is 1240. The molecule has 1 unspecified atom stereocenters. The Labute approximate surface area is 195 Å². The number of amidine groups is 1. The van der Waals surface area contributed by atoms with Crippen LogP contribution in [-0.4, -0.2) is 48.8 Å². The summed E-state index contributed by atoms with van der Waals surface area (Å²) in [7, 11) is 0. The standard InChI is InChI=1S/C25H24F2N4O3/c26-19-5-1-3-16-21(19)34-20-6-7-24(31-10-13-32-14-11-31,17-4-2-9-29-22(17)27)15-18(20)25(16)8-12-33-23(28)30-25/h1-6,9,15H,7-8,10-14H2,(H2,28,30)/t24-,25?/m0/s1. The van der Waals surface area contributed by atoms with E-state index in [2.05, 4.69) is 9.88 Å². The van der Waals surface area contributed by atoms with Gasteiger partial charge in [-0.25, -0.2) is 14.4 Å². The van der Waals surface area contributed by atoms with Gasteiger partial charge in [0, 0.05) is 42.4 Å². The van der Waals surface area contributed by atoms with E-state index in [1.54, 1.807) is 24.3 Å². The summed E-state index contributed by atoms with van der Waals surface area (Å²) in [5.74, 6) is -0.365. The molecule has 1 aromatic heterocycles. The fourth-order valence-corrected chi connectivity index (χ4v) is 5.56. The summed E-state index contributed by atoms with van der Waals surface area (Å²) < 4.78 is 47.2. The Balaban J connectivity index is 1.62. The lowest BCUT2D eigenvalue weighted by atomic mass is 9.70. The van der Waals surface area contributed by atoms with Crippen LogP contribution in [0.1, 0.15) is 24.0 Å². The third kappa shape index (κ3) is 3.07. The molecule has 4 heterocycles. The Kier molecular flexibility index (Phi) is 4.93. The van der Waals surface area contributed by atoms with E-state index in [9.17, 15) is 4.39 Å². The van der Waals surface area contributed by atoms with Gasteiger partial charge in [-0.1, -0.05) is 18.2 Å². The molecule has 2 N–H and O–H groups in total. The molecule has 1 spiro atoms. The number of hydrogen-bond donors (Lipinski definition) is 1. The number of nitrogens with zero attached hydrogens (tertiary/aromatic N) is 3. The number of aliphatic imine (C=N–C) groups is 1. The van der Waals surface area contributed by atoms with Gasteiger partial charge in [0.2, 0.25) is 5.95 Å². The Morgan fingerprint density at radius 2 is 1.85 bits per heavy atom. The lowest BCUT2D eigenvalue weighted by Gasteiger charge is -2.49. The zero-order valence-corrected chi connectivity index (χ0v) is 18.5. The van der Waals surface area contributed by atoms with Crippen molar-refractivity contribution in [3.63, 3.8) is 0 Å². The minimum atomic E-state index is -1.01. The van der Waals surface area contributed by atoms with E-state index in [-0.39, 0.29) is 11.8 Å². The molecule has 0 amide bonds. The number of fused-ring (bicyclic) bond motifs is 4. The fraction of sp³-hybridized carbons (Fsp3) is 0.360. The van der Waals surface area contributed by atoms with Crippen LogP contribution in [0.25, 0.3) is 0 Å². The number of hydrogen-bond acceptors (Lipinski definition) is 7. The highest BCUT2D eigenvalue weighted by molar-refractivity contribution is 5.75. The van der Waals surface area contributed by atoms with Crippen LogP contribution >= 0.6 is 0 Å². The van der Waals surface area contributed by atoms with Crippen molar-refractivity contribution in [2.24, 2.45) is 10.7 Å². The van der Waals surface area contributed by atoms with Crippen LogP contribution in [0.5, 0.6) is 5.75 Å². The summed E-state index contributed by atoms with van der Waals surface area (Å²) in [6.45, 7) is 2.63. The molecule has 2 atom stereocenters. The molecule has 1 fully saturated rings. The predicted molar refractivity (Wildman–Crippen MR) is 120 cm³/mol. The van der Waals surface area contributed by atoms with E-state index >= 15 is 4.39 Å². The molecular weight excluding hydrogens is 442 g/mol. The predicted octanol–water partition coefficient (Wildman–Crippen LogP) is 3.12. The van der Waals surface area contributed by atoms with Crippen molar-refractivity contribution in [2.75, 3.05) is 32.9 Å². The topological polar surface area (TPSA) is 82.2 Å². The van der Waals surface area contributed by atoms with Crippen LogP contribution < -0.4 is 10.5 Å². The second kappa shape index (κ2) is 7.89. The fourth-order valence-electron chi connectivity index (χ4n) is 5.56. The second-order valence-corrected chi connectivity index (χ2v) is 8.82. The quantitative estimate of drug-likeness (QED) is 0.685. The van der Waals surface area contributed by atoms with E-state index in [4.69, 9.17) is 24.9 Å². The van der Waals surface area contributed by atoms with Crippen LogP contribution in [0.4, 0.5) is 8.78 Å². The van der Waals surface area contributed by atoms with Crippen LogP contribution in [-0.2, 0) is 20.6 Å². The van der Waals surface area contributed by atoms with Gasteiger partial charge in [-0.3, -0.25) is 4.90 Å². The summed E-state index contributed by atoms with van der Waals surface area (Å²) in [5, 5.41) is 0. The zero-order valence-electron chi connectivity index (χ0n) is 18.5. The number of para-hydroxylation sites is 1. The van der Waals surface area contributed by atoms with Gasteiger partial charge in [0.1, 0.15) is 11.3 Å². The molecule has 7 nitrogen and oxygen atoms in total. The molecule has 34 heavy (non-hydrogen) atoms. The first kappa shape index (κ1) is 21.2. The maximum absolute atomic E-state index is 15.2. The molecule has 9 heteroatoms. The summed E-state index contributed by atoms with van der Waals surface area (Å²) in [6.07, 6.45) is 6.21. The number of ether oxygens (including phenoxy) is 3. The van der Waals surface area contributed by atoms with Gasteiger partial charge in [0.05, 0.1) is 25.4 Å². The lowest BCUT2D eigenvalue weighted by molar-refractivity contribution is -0.00983. The van der Waals surface area contributed by atoms with Crippen molar-refractivity contribution in [2.45, 2.75) is 23.9 Å². The largest absolute Gasteiger partial charge is 0.465 e. The highest BCUT2D eigenvalue weighted by Gasteiger charge is 2.52. The average molecular weight is 466 g/mol. The van der Waals surface area contributed by atoms with E-state index < -0.39 is 22.8 Å². The van der Waals surface area contributed by atoms with Gasteiger partial charge in [-0.2, -0.15) is 4.39 Å². The van der Waals surface area contributed by atoms with Gasteiger partial charge in [0.15, 0.2) is 11.6 Å². The van der Waals surface area contributed by atoms with Gasteiger partial charge in [0.25, 0.3) is 6.02 Å². The van der Waals surface area contributed by atoms with E-state index in [0.717, 1.165) is 5.57 Å². The van der Waals surface area contributed by atoms with Crippen molar-refractivity contribution < 1.29 is 23.0 Å². The SMILES string of the molecule is NC1=NC2(CCO1)C1=C[C@@](c3cccnc3F)(N3CCOCC3)CC=C1Oc1c(F)cccc12. The molecule has 4 aliphatic rings. The zero-order chi connectivity index (χ0) is 23.3. The van der Waals surface area contributed by atoms with E-state index in [1.807, 2.05) is 12.2 Å². The van der Waals surface area contributed by atoms with Crippen LogP contribution in [0.15, 0.2) is 65.0 Å². The Morgan fingerprint density at radius 3 is 2.65 bits per heavy atom. The number of rotatable bonds is 2. The van der Waals surface area contributed by atoms with E-state index in [0.29, 0.717) is 62.6 Å². The number of pyridine rings is 1. The number of halogens is 2. The first-order valence-electron chi connectivity index (χ1n) is 11.4. The normalized spacial score (nSPS) is 28.6. The lowest BCUT2D eigenvalue weighted by Crippen LogP contribution is -2.53. The number of aromatic nitrogens is 1. The molecule has 0 radical (unpaired) electrons. The first-order chi connectivity index (χ1) is 16.5. The van der Waals surface area contributed by atoms with Gasteiger partial charge in [-0.15, -0.1) is 0 Å². The highest BCUT2D eigenvalue weighted by Crippen LogP contribution is 2.55. The molecule has 0 bridgehead atoms. The molecular formula is C25H24F2N4O3. The third-order valence-electron chi connectivity index (χ3n) is 7.13. The molecule has 0 saturated carbocycles. The van der Waals surface area contributed by atoms with Crippen LogP contribution in [0, 0.1) is 11.8 Å². The minimum Gasteiger partial charge on any atom is -0.465 e. The summed E-state index contributed by atoms with van der Waals surface area (Å²) >= 11 is 0. The summed E-state index contributed by atoms with van der Waals surface area (Å²) in [5.41, 5.74) is 5.95. The maximum Gasteiger partial charge on any atom is 0.283 e. The summed E-state index contributed by atoms with van der Waals surface area (Å²) in [6, 6.07) is 8.32. The van der Waals surface area contributed by atoms with Gasteiger partial charge in [-0.05, 0) is 30.7 Å². The van der Waals surface area contributed by atoms with E-state index in [1.165, 1.54) is 12.3 Å². The molecule has 2 aromatic rings. The molecule has 3 aliphatic heterocycles. The number of benzene rings is 1. The maximum atomic E-state index is 15.2. The van der Waals surface area contributed by atoms with Crippen molar-refractivity contribution >= 4 is 6.02 Å². The molecule has 1 aromatic carbocycles. The van der Waals surface area contributed by atoms with Crippen molar-refractivity contribution in [3.8, 4) is 5.75 Å². The molecule has 1 saturated heterocycles. The van der Waals surface area contributed by atoms with Crippen LogP contribution in [0.2, 0.25) is 0 Å². The van der Waals surface area contributed by atoms with Crippen LogP contribution in [0.3, 0.4) is 0 Å². The number of nitrogens with two attached hydrogens (primary N) is 1.